The van der Waals surface area contributed by atoms with Crippen LogP contribution in [0.2, 0.25) is 0 Å². The number of sulfonamides is 1. The maximum absolute atomic E-state index is 15.0. The van der Waals surface area contributed by atoms with E-state index in [1.54, 1.807) is 59.9 Å². The van der Waals surface area contributed by atoms with Crippen molar-refractivity contribution in [2.24, 2.45) is 0 Å². The summed E-state index contributed by atoms with van der Waals surface area (Å²) in [7, 11) is -2.11. The maximum Gasteiger partial charge on any atom is 0.255 e. The zero-order valence-electron chi connectivity index (χ0n) is 22.6. The number of nitrogens with zero attached hydrogens (tertiary/aromatic N) is 3. The van der Waals surface area contributed by atoms with Crippen molar-refractivity contribution in [3.63, 3.8) is 0 Å². The summed E-state index contributed by atoms with van der Waals surface area (Å²) < 4.78 is 62.7. The van der Waals surface area contributed by atoms with Crippen molar-refractivity contribution in [1.29, 1.82) is 0 Å². The molecule has 0 aliphatic carbocycles. The quantitative estimate of drug-likeness (QED) is 0.291. The van der Waals surface area contributed by atoms with E-state index in [1.165, 1.54) is 21.8 Å². The Hall–Kier alpha value is -4.28. The smallest absolute Gasteiger partial charge is 0.255 e. The van der Waals surface area contributed by atoms with Gasteiger partial charge in [-0.15, -0.1) is 0 Å². The molecule has 1 aliphatic heterocycles. The van der Waals surface area contributed by atoms with Crippen LogP contribution < -0.4 is 4.74 Å². The van der Waals surface area contributed by atoms with Crippen molar-refractivity contribution >= 4 is 22.0 Å². The molecule has 0 atom stereocenters. The van der Waals surface area contributed by atoms with Crippen molar-refractivity contribution in [2.45, 2.75) is 6.92 Å². The standard InChI is InChI=1S/C31H29F2N3O4S/c1-22-27(31(37)34-15-17-35(18-16-34)41(38,39)19-14-23-6-4-3-5-7-23)21-30(24-8-11-26(40-2)12-9-24)36(22)29-13-10-25(32)20-28(29)33/h3-14,19-21H,15-18H2,1-2H3. The van der Waals surface area contributed by atoms with Gasteiger partial charge in [0.15, 0.2) is 0 Å². The van der Waals surface area contributed by atoms with Crippen LogP contribution in [-0.2, 0) is 10.0 Å². The predicted molar refractivity (Wildman–Crippen MR) is 154 cm³/mol. The first-order valence-electron chi connectivity index (χ1n) is 13.0. The van der Waals surface area contributed by atoms with Crippen LogP contribution in [-0.4, -0.2) is 61.4 Å². The first-order valence-corrected chi connectivity index (χ1v) is 14.5. The topological polar surface area (TPSA) is 71.8 Å². The van der Waals surface area contributed by atoms with E-state index in [4.69, 9.17) is 4.74 Å². The van der Waals surface area contributed by atoms with Crippen LogP contribution in [0.25, 0.3) is 23.0 Å². The third-order valence-corrected chi connectivity index (χ3v) is 8.70. The third-order valence-electron chi connectivity index (χ3n) is 7.13. The molecule has 4 aromatic rings. The van der Waals surface area contributed by atoms with Gasteiger partial charge in [-0.3, -0.25) is 4.79 Å². The first kappa shape index (κ1) is 28.3. The normalized spacial score (nSPS) is 14.5. The molecule has 0 bridgehead atoms. The summed E-state index contributed by atoms with van der Waals surface area (Å²) in [6, 6.07) is 21.3. The molecule has 212 valence electrons. The van der Waals surface area contributed by atoms with Gasteiger partial charge >= 0.3 is 0 Å². The fourth-order valence-corrected chi connectivity index (χ4v) is 6.07. The van der Waals surface area contributed by atoms with E-state index in [2.05, 4.69) is 0 Å². The highest BCUT2D eigenvalue weighted by molar-refractivity contribution is 7.92. The second-order valence-electron chi connectivity index (χ2n) is 9.64. The number of hydrogen-bond donors (Lipinski definition) is 0. The number of piperazine rings is 1. The molecule has 3 aromatic carbocycles. The molecule has 1 fully saturated rings. The fourth-order valence-electron chi connectivity index (χ4n) is 4.90. The molecular weight excluding hydrogens is 548 g/mol. The number of carbonyl (C=O) groups excluding carboxylic acids is 1. The number of halogens is 2. The zero-order valence-corrected chi connectivity index (χ0v) is 23.4. The van der Waals surface area contributed by atoms with Gasteiger partial charge in [0.25, 0.3) is 5.91 Å². The lowest BCUT2D eigenvalue weighted by Gasteiger charge is -2.33. The molecule has 0 radical (unpaired) electrons. The summed E-state index contributed by atoms with van der Waals surface area (Å²) in [5, 5.41) is 1.18. The predicted octanol–water partition coefficient (Wildman–Crippen LogP) is 5.50. The summed E-state index contributed by atoms with van der Waals surface area (Å²) in [6.45, 7) is 2.39. The Morgan fingerprint density at radius 2 is 1.59 bits per heavy atom. The molecule has 1 saturated heterocycles. The Morgan fingerprint density at radius 1 is 0.902 bits per heavy atom. The number of aromatic nitrogens is 1. The summed E-state index contributed by atoms with van der Waals surface area (Å²) in [4.78, 5) is 15.3. The van der Waals surface area contributed by atoms with Crippen molar-refractivity contribution in [2.75, 3.05) is 33.3 Å². The van der Waals surface area contributed by atoms with Gasteiger partial charge in [-0.1, -0.05) is 30.3 Å². The first-order chi connectivity index (χ1) is 19.7. The fraction of sp³-hybridized carbons (Fsp3) is 0.194. The molecule has 1 aromatic heterocycles. The molecule has 0 saturated carbocycles. The molecule has 0 N–H and O–H groups in total. The van der Waals surface area contributed by atoms with Crippen LogP contribution in [0.15, 0.2) is 84.3 Å². The van der Waals surface area contributed by atoms with E-state index in [9.17, 15) is 22.0 Å². The van der Waals surface area contributed by atoms with E-state index in [-0.39, 0.29) is 37.8 Å². The summed E-state index contributed by atoms with van der Waals surface area (Å²) in [6.07, 6.45) is 1.55. The average Bonchev–Trinajstić information content (AvgIpc) is 3.33. The molecule has 10 heteroatoms. The number of benzene rings is 3. The molecule has 7 nitrogen and oxygen atoms in total. The lowest BCUT2D eigenvalue weighted by Crippen LogP contribution is -2.50. The monoisotopic (exact) mass is 577 g/mol. The van der Waals surface area contributed by atoms with Crippen LogP contribution in [0, 0.1) is 18.6 Å². The van der Waals surface area contributed by atoms with Crippen molar-refractivity contribution in [1.82, 2.24) is 13.8 Å². The van der Waals surface area contributed by atoms with E-state index >= 15 is 0 Å². The van der Waals surface area contributed by atoms with Crippen molar-refractivity contribution < 1.29 is 26.7 Å². The van der Waals surface area contributed by atoms with Crippen molar-refractivity contribution in [3.05, 3.63) is 113 Å². The lowest BCUT2D eigenvalue weighted by molar-refractivity contribution is 0.0698. The van der Waals surface area contributed by atoms with Crippen LogP contribution in [0.4, 0.5) is 8.78 Å². The van der Waals surface area contributed by atoms with E-state index in [1.807, 2.05) is 30.3 Å². The minimum absolute atomic E-state index is 0.106. The number of rotatable bonds is 7. The van der Waals surface area contributed by atoms with Crippen LogP contribution >= 0.6 is 0 Å². The summed E-state index contributed by atoms with van der Waals surface area (Å²) in [5.41, 5.74) is 2.96. The Kier molecular flexibility index (Phi) is 8.05. The Balaban J connectivity index is 1.41. The Labute approximate surface area is 237 Å². The number of ether oxygens (including phenoxy) is 1. The van der Waals surface area contributed by atoms with Gasteiger partial charge in [-0.2, -0.15) is 4.31 Å². The highest BCUT2D eigenvalue weighted by Gasteiger charge is 2.30. The van der Waals surface area contributed by atoms with Gasteiger partial charge in [-0.25, -0.2) is 17.2 Å². The van der Waals surface area contributed by atoms with Crippen LogP contribution in [0.5, 0.6) is 5.75 Å². The van der Waals surface area contributed by atoms with E-state index < -0.39 is 21.7 Å². The largest absolute Gasteiger partial charge is 0.497 e. The molecule has 2 heterocycles. The Bertz CT molecular complexity index is 1690. The molecule has 5 rings (SSSR count). The van der Waals surface area contributed by atoms with Gasteiger partial charge in [0, 0.05) is 43.3 Å². The molecule has 1 aliphatic rings. The summed E-state index contributed by atoms with van der Waals surface area (Å²) >= 11 is 0. The molecule has 0 spiro atoms. The van der Waals surface area contributed by atoms with Gasteiger partial charge in [0.2, 0.25) is 10.0 Å². The summed E-state index contributed by atoms with van der Waals surface area (Å²) in [5.74, 6) is -1.13. The number of hydrogen-bond acceptors (Lipinski definition) is 4. The number of methoxy groups -OCH3 is 1. The zero-order chi connectivity index (χ0) is 29.1. The third kappa shape index (κ3) is 5.94. The highest BCUT2D eigenvalue weighted by Crippen LogP contribution is 2.32. The maximum atomic E-state index is 15.0. The second-order valence-corrected chi connectivity index (χ2v) is 11.5. The Morgan fingerprint density at radius 3 is 2.22 bits per heavy atom. The average molecular weight is 578 g/mol. The van der Waals surface area contributed by atoms with Gasteiger partial charge in [0.1, 0.15) is 17.4 Å². The minimum atomic E-state index is -3.66. The lowest BCUT2D eigenvalue weighted by atomic mass is 10.1. The SMILES string of the molecule is COc1ccc(-c2cc(C(=O)N3CCN(S(=O)(=O)C=Cc4ccccc4)CC3)c(C)n2-c2ccc(F)cc2F)cc1. The van der Waals surface area contributed by atoms with Gasteiger partial charge in [0.05, 0.1) is 24.1 Å². The minimum Gasteiger partial charge on any atom is -0.497 e. The van der Waals surface area contributed by atoms with E-state index in [0.717, 1.165) is 11.6 Å². The molecular formula is C31H29F2N3O4S. The van der Waals surface area contributed by atoms with Gasteiger partial charge < -0.3 is 14.2 Å². The van der Waals surface area contributed by atoms with Crippen LogP contribution in [0.3, 0.4) is 0 Å². The van der Waals surface area contributed by atoms with Crippen molar-refractivity contribution in [3.8, 4) is 22.7 Å². The highest BCUT2D eigenvalue weighted by atomic mass is 32.2. The number of carbonyl (C=O) groups is 1. The molecule has 0 unspecified atom stereocenters. The van der Waals surface area contributed by atoms with E-state index in [0.29, 0.717) is 28.3 Å². The van der Waals surface area contributed by atoms with Gasteiger partial charge in [-0.05, 0) is 66.6 Å². The molecule has 1 amide bonds. The molecule has 41 heavy (non-hydrogen) atoms. The number of amides is 1. The second kappa shape index (κ2) is 11.7. The van der Waals surface area contributed by atoms with Crippen LogP contribution in [0.1, 0.15) is 21.6 Å².